The minimum atomic E-state index is -0.632. The van der Waals surface area contributed by atoms with Gasteiger partial charge in [0, 0.05) is 42.2 Å². The summed E-state index contributed by atoms with van der Waals surface area (Å²) in [7, 11) is 0. The van der Waals surface area contributed by atoms with E-state index < -0.39 is 10.8 Å². The van der Waals surface area contributed by atoms with Crippen LogP contribution in [0, 0.1) is 21.4 Å². The highest BCUT2D eigenvalue weighted by molar-refractivity contribution is 6.34. The van der Waals surface area contributed by atoms with E-state index in [1.165, 1.54) is 12.1 Å². The maximum Gasteiger partial charge on any atom is 0.271 e. The molecule has 37 heavy (non-hydrogen) atoms. The number of carbonyl (C=O) groups is 1. The Balaban J connectivity index is 1.64. The maximum atomic E-state index is 13.5. The lowest BCUT2D eigenvalue weighted by atomic mass is 9.75. The number of nitro benzene ring substituents is 1. The lowest BCUT2D eigenvalue weighted by Gasteiger charge is -2.41. The number of ketones is 1. The molecule has 1 aromatic heterocycles. The molecule has 0 N–H and O–H groups in total. The molecule has 0 amide bonds. The van der Waals surface area contributed by atoms with Crippen molar-refractivity contribution < 1.29 is 19.2 Å². The third-order valence-electron chi connectivity index (χ3n) is 6.81. The minimum Gasteiger partial charge on any atom is -0.454 e. The van der Waals surface area contributed by atoms with E-state index in [2.05, 4.69) is 6.07 Å². The summed E-state index contributed by atoms with van der Waals surface area (Å²) in [5, 5.41) is 22.0. The zero-order valence-corrected chi connectivity index (χ0v) is 20.1. The van der Waals surface area contributed by atoms with Crippen LogP contribution in [0.25, 0.3) is 5.82 Å². The van der Waals surface area contributed by atoms with Gasteiger partial charge in [-0.3, -0.25) is 19.8 Å². The van der Waals surface area contributed by atoms with Gasteiger partial charge in [-0.1, -0.05) is 17.7 Å². The van der Waals surface area contributed by atoms with Crippen molar-refractivity contribution in [3.05, 3.63) is 98.5 Å². The molecule has 1 atom stereocenters. The van der Waals surface area contributed by atoms with Crippen LogP contribution in [0.5, 0.6) is 11.5 Å². The molecule has 0 fully saturated rings. The molecule has 0 saturated heterocycles. The average molecular weight is 515 g/mol. The summed E-state index contributed by atoms with van der Waals surface area (Å²) < 4.78 is 12.9. The van der Waals surface area contributed by atoms with Crippen molar-refractivity contribution >= 4 is 34.6 Å². The van der Waals surface area contributed by atoms with Crippen LogP contribution in [0.15, 0.2) is 77.8 Å². The number of carbonyl (C=O) groups excluding carboxylic acids is 1. The van der Waals surface area contributed by atoms with Crippen molar-refractivity contribution in [1.29, 1.82) is 5.26 Å². The molecule has 0 bridgehead atoms. The number of nitrogens with zero attached hydrogens (tertiary/aromatic N) is 4. The van der Waals surface area contributed by atoms with Gasteiger partial charge < -0.3 is 14.0 Å². The lowest BCUT2D eigenvalue weighted by Crippen LogP contribution is -2.36. The molecule has 3 aliphatic rings. The predicted octanol–water partition coefficient (Wildman–Crippen LogP) is 5.78. The van der Waals surface area contributed by atoms with E-state index in [9.17, 15) is 20.2 Å². The molecule has 6 rings (SSSR count). The molecule has 10 heteroatoms. The molecular formula is C27H19ClN4O5. The summed E-state index contributed by atoms with van der Waals surface area (Å²) >= 11 is 6.61. The number of nitriles is 1. The normalized spacial score (nSPS) is 18.6. The van der Waals surface area contributed by atoms with Crippen LogP contribution in [0.1, 0.15) is 30.7 Å². The van der Waals surface area contributed by atoms with Crippen molar-refractivity contribution in [2.24, 2.45) is 0 Å². The fourth-order valence-electron chi connectivity index (χ4n) is 5.25. The molecule has 1 aliphatic carbocycles. The standard InChI is InChI=1S/C27H19ClN4O5/c28-19-13-17(32(34)35)7-8-20(19)31-21-4-3-5-22(33)26(21)25(16-6-9-23-24(12-16)37-15-36-23)18(14-29)27(31)30-10-1-2-11-30/h1-2,6-13,25H,3-5,15H2/t25-/m1/s1. The summed E-state index contributed by atoms with van der Waals surface area (Å²) in [5.41, 5.74) is 2.63. The van der Waals surface area contributed by atoms with Crippen LogP contribution >= 0.6 is 11.6 Å². The van der Waals surface area contributed by atoms with Gasteiger partial charge >= 0.3 is 0 Å². The zero-order valence-electron chi connectivity index (χ0n) is 19.4. The second-order valence-corrected chi connectivity index (χ2v) is 9.26. The Morgan fingerprint density at radius 3 is 2.59 bits per heavy atom. The summed E-state index contributed by atoms with van der Waals surface area (Å²) in [6.07, 6.45) is 5.18. The highest BCUT2D eigenvalue weighted by atomic mass is 35.5. The van der Waals surface area contributed by atoms with Crippen LogP contribution in [-0.4, -0.2) is 22.1 Å². The van der Waals surface area contributed by atoms with Gasteiger partial charge in [0.15, 0.2) is 17.3 Å². The molecule has 2 aromatic carbocycles. The zero-order chi connectivity index (χ0) is 25.7. The fourth-order valence-corrected chi connectivity index (χ4v) is 5.51. The summed E-state index contributed by atoms with van der Waals surface area (Å²) in [5.74, 6) is 0.998. The number of nitro groups is 1. The first-order valence-corrected chi connectivity index (χ1v) is 12.0. The van der Waals surface area contributed by atoms with Crippen molar-refractivity contribution in [2.75, 3.05) is 11.7 Å². The predicted molar refractivity (Wildman–Crippen MR) is 135 cm³/mol. The largest absolute Gasteiger partial charge is 0.454 e. The number of rotatable bonds is 4. The van der Waals surface area contributed by atoms with Gasteiger partial charge in [-0.2, -0.15) is 5.26 Å². The van der Waals surface area contributed by atoms with E-state index in [1.807, 2.05) is 36.7 Å². The fraction of sp³-hybridized carbons (Fsp3) is 0.185. The maximum absolute atomic E-state index is 13.5. The number of anilines is 1. The molecule has 9 nitrogen and oxygen atoms in total. The third kappa shape index (κ3) is 3.65. The Morgan fingerprint density at radius 2 is 1.86 bits per heavy atom. The summed E-state index contributed by atoms with van der Waals surface area (Å²) in [6, 6.07) is 15.7. The number of benzene rings is 2. The number of aromatic nitrogens is 1. The van der Waals surface area contributed by atoms with Crippen molar-refractivity contribution in [3.8, 4) is 17.6 Å². The second kappa shape index (κ2) is 8.84. The Kier molecular flexibility index (Phi) is 5.46. The Bertz CT molecular complexity index is 1570. The molecule has 0 spiro atoms. The summed E-state index contributed by atoms with van der Waals surface area (Å²) in [6.45, 7) is 0.109. The molecule has 0 unspecified atom stereocenters. The third-order valence-corrected chi connectivity index (χ3v) is 7.11. The minimum absolute atomic E-state index is 0.0498. The van der Waals surface area contributed by atoms with E-state index in [0.29, 0.717) is 53.4 Å². The average Bonchev–Trinajstić information content (AvgIpc) is 3.59. The molecule has 2 aliphatic heterocycles. The molecule has 184 valence electrons. The van der Waals surface area contributed by atoms with Gasteiger partial charge in [0.1, 0.15) is 5.82 Å². The number of halogens is 1. The van der Waals surface area contributed by atoms with Crippen molar-refractivity contribution in [3.63, 3.8) is 0 Å². The highest BCUT2D eigenvalue weighted by Crippen LogP contribution is 2.51. The quantitative estimate of drug-likeness (QED) is 0.320. The first kappa shape index (κ1) is 22.9. The molecule has 0 saturated carbocycles. The highest BCUT2D eigenvalue weighted by Gasteiger charge is 2.42. The Morgan fingerprint density at radius 1 is 1.08 bits per heavy atom. The Labute approximate surface area is 216 Å². The number of hydrogen-bond acceptors (Lipinski definition) is 7. The van der Waals surface area contributed by atoms with Crippen LogP contribution < -0.4 is 14.4 Å². The monoisotopic (exact) mass is 514 g/mol. The van der Waals surface area contributed by atoms with Gasteiger partial charge in [-0.25, -0.2) is 0 Å². The molecule has 3 heterocycles. The second-order valence-electron chi connectivity index (χ2n) is 8.85. The van der Waals surface area contributed by atoms with Gasteiger partial charge in [-0.15, -0.1) is 0 Å². The van der Waals surface area contributed by atoms with Crippen LogP contribution in [0.2, 0.25) is 5.02 Å². The van der Waals surface area contributed by atoms with E-state index in [-0.39, 0.29) is 23.3 Å². The Hall–Kier alpha value is -4.55. The molecule has 0 radical (unpaired) electrons. The van der Waals surface area contributed by atoms with Gasteiger partial charge in [0.25, 0.3) is 5.69 Å². The van der Waals surface area contributed by atoms with E-state index in [1.54, 1.807) is 21.6 Å². The number of ether oxygens (including phenoxy) is 2. The van der Waals surface area contributed by atoms with E-state index in [4.69, 9.17) is 21.1 Å². The van der Waals surface area contributed by atoms with Crippen LogP contribution in [-0.2, 0) is 4.79 Å². The van der Waals surface area contributed by atoms with Gasteiger partial charge in [0.05, 0.1) is 33.2 Å². The van der Waals surface area contributed by atoms with Crippen molar-refractivity contribution in [1.82, 2.24) is 4.57 Å². The number of allylic oxidation sites excluding steroid dienone is 3. The number of Topliss-reactive ketones (excluding diaryl/α,β-unsaturated/α-hetero) is 1. The topological polar surface area (TPSA) is 111 Å². The van der Waals surface area contributed by atoms with Crippen LogP contribution in [0.4, 0.5) is 11.4 Å². The number of hydrogen-bond donors (Lipinski definition) is 0. The van der Waals surface area contributed by atoms with Gasteiger partial charge in [-0.05, 0) is 48.7 Å². The molecular weight excluding hydrogens is 496 g/mol. The first-order valence-electron chi connectivity index (χ1n) is 11.7. The smallest absolute Gasteiger partial charge is 0.271 e. The first-order chi connectivity index (χ1) is 18.0. The number of non-ortho nitro benzene ring substituents is 1. The van der Waals surface area contributed by atoms with Crippen LogP contribution in [0.3, 0.4) is 0 Å². The lowest BCUT2D eigenvalue weighted by molar-refractivity contribution is -0.384. The van der Waals surface area contributed by atoms with E-state index in [0.717, 1.165) is 11.3 Å². The van der Waals surface area contributed by atoms with Crippen molar-refractivity contribution in [2.45, 2.75) is 25.2 Å². The SMILES string of the molecule is N#CC1=C(n2cccc2)N(c2ccc([N+](=O)[O-])cc2Cl)C2=C(C(=O)CCC2)[C@@H]1c1ccc2c(c1)OCO2. The van der Waals surface area contributed by atoms with Gasteiger partial charge in [0.2, 0.25) is 6.79 Å². The number of fused-ring (bicyclic) bond motifs is 1. The summed E-state index contributed by atoms with van der Waals surface area (Å²) in [4.78, 5) is 26.1. The van der Waals surface area contributed by atoms with E-state index >= 15 is 0 Å². The molecule has 3 aromatic rings.